The minimum absolute atomic E-state index is 0.0489. The monoisotopic (exact) mass is 287 g/mol. The van der Waals surface area contributed by atoms with Gasteiger partial charge in [0.1, 0.15) is 6.04 Å². The quantitative estimate of drug-likeness (QED) is 0.853. The van der Waals surface area contributed by atoms with E-state index in [0.717, 1.165) is 24.9 Å². The van der Waals surface area contributed by atoms with Gasteiger partial charge < -0.3 is 15.5 Å². The second kappa shape index (κ2) is 5.76. The highest BCUT2D eigenvalue weighted by atomic mass is 16.2. The summed E-state index contributed by atoms with van der Waals surface area (Å²) in [6, 6.07) is 7.91. The summed E-state index contributed by atoms with van der Waals surface area (Å²) in [4.78, 5) is 26.1. The maximum absolute atomic E-state index is 12.6. The summed E-state index contributed by atoms with van der Waals surface area (Å²) in [6.45, 7) is 1.34. The average molecular weight is 287 g/mol. The van der Waals surface area contributed by atoms with Crippen LogP contribution in [0.4, 0.5) is 5.69 Å². The number of nitrogens with one attached hydrogen (secondary N) is 2. The Morgan fingerprint density at radius 3 is 2.62 bits per heavy atom. The van der Waals surface area contributed by atoms with E-state index >= 15 is 0 Å². The van der Waals surface area contributed by atoms with Gasteiger partial charge in [-0.05, 0) is 24.5 Å². The molecule has 1 aromatic rings. The molecule has 0 saturated carbocycles. The second-order valence-electron chi connectivity index (χ2n) is 5.77. The number of likely N-dealkylation sites (tertiary alicyclic amines) is 1. The Morgan fingerprint density at radius 2 is 1.95 bits per heavy atom. The van der Waals surface area contributed by atoms with E-state index in [2.05, 4.69) is 16.7 Å². The van der Waals surface area contributed by atoms with Crippen LogP contribution in [0, 0.1) is 5.92 Å². The van der Waals surface area contributed by atoms with E-state index in [1.165, 1.54) is 5.56 Å². The largest absolute Gasteiger partial charge is 0.373 e. The normalized spacial score (nSPS) is 21.6. The Bertz CT molecular complexity index is 525. The predicted molar refractivity (Wildman–Crippen MR) is 80.9 cm³/mol. The maximum Gasteiger partial charge on any atom is 0.245 e. The molecule has 5 heteroatoms. The van der Waals surface area contributed by atoms with Gasteiger partial charge in [-0.25, -0.2) is 0 Å². The van der Waals surface area contributed by atoms with Gasteiger partial charge in [0.2, 0.25) is 11.8 Å². The van der Waals surface area contributed by atoms with E-state index in [-0.39, 0.29) is 23.8 Å². The van der Waals surface area contributed by atoms with Gasteiger partial charge in [0, 0.05) is 38.2 Å². The molecule has 2 N–H and O–H groups in total. The SMILES string of the molecule is CNC(=O)C1CCN(C(=O)C2Cc3ccccc3N2)CC1. The first kappa shape index (κ1) is 13.9. The van der Waals surface area contributed by atoms with Crippen molar-refractivity contribution in [1.82, 2.24) is 10.2 Å². The van der Waals surface area contributed by atoms with Crippen LogP contribution < -0.4 is 10.6 Å². The zero-order valence-corrected chi connectivity index (χ0v) is 12.3. The number of carbonyl (C=O) groups is 2. The highest BCUT2D eigenvalue weighted by Gasteiger charge is 2.33. The van der Waals surface area contributed by atoms with Crippen LogP contribution in [0.25, 0.3) is 0 Å². The van der Waals surface area contributed by atoms with Crippen LogP contribution in [0.15, 0.2) is 24.3 Å². The lowest BCUT2D eigenvalue weighted by atomic mass is 9.95. The molecular weight excluding hydrogens is 266 g/mol. The average Bonchev–Trinajstić information content (AvgIpc) is 2.97. The molecule has 2 heterocycles. The summed E-state index contributed by atoms with van der Waals surface area (Å²) in [5.74, 6) is 0.294. The Balaban J connectivity index is 1.57. The van der Waals surface area contributed by atoms with Crippen LogP contribution in [-0.4, -0.2) is 42.9 Å². The predicted octanol–water partition coefficient (Wildman–Crippen LogP) is 1.01. The van der Waals surface area contributed by atoms with Crippen LogP contribution in [0.2, 0.25) is 0 Å². The minimum atomic E-state index is -0.154. The first-order valence-electron chi connectivity index (χ1n) is 7.54. The standard InChI is InChI=1S/C16H21N3O2/c1-17-15(20)11-6-8-19(9-7-11)16(21)14-10-12-4-2-3-5-13(12)18-14/h2-5,11,14,18H,6-10H2,1H3,(H,17,20). The fourth-order valence-corrected chi connectivity index (χ4v) is 3.23. The van der Waals surface area contributed by atoms with Gasteiger partial charge in [-0.2, -0.15) is 0 Å². The molecule has 3 rings (SSSR count). The van der Waals surface area contributed by atoms with Crippen molar-refractivity contribution in [3.63, 3.8) is 0 Å². The van der Waals surface area contributed by atoms with E-state index in [9.17, 15) is 9.59 Å². The molecule has 112 valence electrons. The molecule has 0 aromatic heterocycles. The lowest BCUT2D eigenvalue weighted by Crippen LogP contribution is -2.47. The Hall–Kier alpha value is -2.04. The van der Waals surface area contributed by atoms with Crippen LogP contribution in [-0.2, 0) is 16.0 Å². The number of anilines is 1. The smallest absolute Gasteiger partial charge is 0.245 e. The van der Waals surface area contributed by atoms with Crippen LogP contribution in [0.5, 0.6) is 0 Å². The third-order valence-electron chi connectivity index (χ3n) is 4.49. The number of para-hydroxylation sites is 1. The van der Waals surface area contributed by atoms with Gasteiger partial charge in [0.25, 0.3) is 0 Å². The van der Waals surface area contributed by atoms with Crippen molar-refractivity contribution in [2.45, 2.75) is 25.3 Å². The third kappa shape index (κ3) is 2.73. The number of amides is 2. The number of benzene rings is 1. The molecule has 0 spiro atoms. The number of fused-ring (bicyclic) bond motifs is 1. The molecule has 5 nitrogen and oxygen atoms in total. The lowest BCUT2D eigenvalue weighted by Gasteiger charge is -2.32. The number of rotatable bonds is 2. The number of nitrogens with zero attached hydrogens (tertiary/aromatic N) is 1. The van der Waals surface area contributed by atoms with Gasteiger partial charge in [-0.3, -0.25) is 9.59 Å². The first-order chi connectivity index (χ1) is 10.2. The fraction of sp³-hybridized carbons (Fsp3) is 0.500. The molecule has 2 aliphatic rings. The van der Waals surface area contributed by atoms with Crippen molar-refractivity contribution in [3.8, 4) is 0 Å². The molecule has 1 saturated heterocycles. The second-order valence-corrected chi connectivity index (χ2v) is 5.77. The number of carbonyl (C=O) groups excluding carboxylic acids is 2. The van der Waals surface area contributed by atoms with Crippen molar-refractivity contribution in [2.24, 2.45) is 5.92 Å². The van der Waals surface area contributed by atoms with Gasteiger partial charge >= 0.3 is 0 Å². The summed E-state index contributed by atoms with van der Waals surface area (Å²) in [5.41, 5.74) is 2.27. The molecule has 1 fully saturated rings. The highest BCUT2D eigenvalue weighted by Crippen LogP contribution is 2.27. The zero-order valence-electron chi connectivity index (χ0n) is 12.3. The van der Waals surface area contributed by atoms with Gasteiger partial charge in [-0.15, -0.1) is 0 Å². The van der Waals surface area contributed by atoms with Crippen molar-refractivity contribution >= 4 is 17.5 Å². The molecule has 21 heavy (non-hydrogen) atoms. The minimum Gasteiger partial charge on any atom is -0.373 e. The third-order valence-corrected chi connectivity index (χ3v) is 4.49. The van der Waals surface area contributed by atoms with Crippen molar-refractivity contribution in [1.29, 1.82) is 0 Å². The zero-order chi connectivity index (χ0) is 14.8. The number of hydrogen-bond donors (Lipinski definition) is 2. The van der Waals surface area contributed by atoms with Crippen molar-refractivity contribution in [2.75, 3.05) is 25.5 Å². The number of hydrogen-bond acceptors (Lipinski definition) is 3. The highest BCUT2D eigenvalue weighted by molar-refractivity contribution is 5.88. The van der Waals surface area contributed by atoms with E-state index in [1.54, 1.807) is 7.05 Å². The van der Waals surface area contributed by atoms with Crippen LogP contribution in [0.1, 0.15) is 18.4 Å². The summed E-state index contributed by atoms with van der Waals surface area (Å²) >= 11 is 0. The van der Waals surface area contributed by atoms with E-state index < -0.39 is 0 Å². The van der Waals surface area contributed by atoms with Gasteiger partial charge in [0.15, 0.2) is 0 Å². The maximum atomic E-state index is 12.6. The van der Waals surface area contributed by atoms with Crippen molar-refractivity contribution in [3.05, 3.63) is 29.8 Å². The molecular formula is C16H21N3O2. The Labute approximate surface area is 124 Å². The molecule has 0 aliphatic carbocycles. The number of piperidine rings is 1. The van der Waals surface area contributed by atoms with E-state index in [1.807, 2.05) is 23.1 Å². The summed E-state index contributed by atoms with van der Waals surface area (Å²) in [5, 5.41) is 6.00. The summed E-state index contributed by atoms with van der Waals surface area (Å²) in [7, 11) is 1.67. The molecule has 0 radical (unpaired) electrons. The molecule has 0 bridgehead atoms. The molecule has 1 atom stereocenters. The van der Waals surface area contributed by atoms with Gasteiger partial charge in [0.05, 0.1) is 0 Å². The van der Waals surface area contributed by atoms with Crippen LogP contribution >= 0.6 is 0 Å². The molecule has 1 unspecified atom stereocenters. The topological polar surface area (TPSA) is 61.4 Å². The fourth-order valence-electron chi connectivity index (χ4n) is 3.23. The Kier molecular flexibility index (Phi) is 3.82. The Morgan fingerprint density at radius 1 is 1.24 bits per heavy atom. The summed E-state index contributed by atoms with van der Waals surface area (Å²) in [6.07, 6.45) is 2.26. The lowest BCUT2D eigenvalue weighted by molar-refractivity contribution is -0.136. The van der Waals surface area contributed by atoms with E-state index in [4.69, 9.17) is 0 Å². The molecule has 2 amide bonds. The van der Waals surface area contributed by atoms with Crippen LogP contribution in [0.3, 0.4) is 0 Å². The first-order valence-corrected chi connectivity index (χ1v) is 7.54. The van der Waals surface area contributed by atoms with Gasteiger partial charge in [-0.1, -0.05) is 18.2 Å². The molecule has 1 aromatic carbocycles. The van der Waals surface area contributed by atoms with E-state index in [0.29, 0.717) is 13.1 Å². The molecule has 2 aliphatic heterocycles. The van der Waals surface area contributed by atoms with Crippen molar-refractivity contribution < 1.29 is 9.59 Å². The summed E-state index contributed by atoms with van der Waals surface area (Å²) < 4.78 is 0.